The summed E-state index contributed by atoms with van der Waals surface area (Å²) in [6.45, 7) is 8.85. The molecular formula is C14H26N2O. The van der Waals surface area contributed by atoms with Crippen molar-refractivity contribution in [2.75, 3.05) is 26.2 Å². The summed E-state index contributed by atoms with van der Waals surface area (Å²) >= 11 is 0. The second kappa shape index (κ2) is 4.52. The number of likely N-dealkylation sites (tertiary alicyclic amines) is 1. The van der Waals surface area contributed by atoms with E-state index in [0.717, 1.165) is 18.0 Å². The van der Waals surface area contributed by atoms with Crippen molar-refractivity contribution in [3.8, 4) is 0 Å². The first kappa shape index (κ1) is 11.9. The van der Waals surface area contributed by atoms with Gasteiger partial charge in [0.15, 0.2) is 0 Å². The minimum absolute atomic E-state index is 0.406. The van der Waals surface area contributed by atoms with Crippen LogP contribution in [0.5, 0.6) is 0 Å². The van der Waals surface area contributed by atoms with E-state index in [4.69, 9.17) is 5.11 Å². The first-order valence-electron chi connectivity index (χ1n) is 7.29. The fourth-order valence-corrected chi connectivity index (χ4v) is 4.10. The smallest absolute Gasteiger partial charge is 0.0462 e. The van der Waals surface area contributed by atoms with Gasteiger partial charge in [0.2, 0.25) is 0 Å². The van der Waals surface area contributed by atoms with Gasteiger partial charge >= 0.3 is 0 Å². The molecule has 17 heavy (non-hydrogen) atoms. The molecule has 2 saturated heterocycles. The zero-order chi connectivity index (χ0) is 12.0. The Morgan fingerprint density at radius 3 is 2.24 bits per heavy atom. The molecule has 1 saturated carbocycles. The van der Waals surface area contributed by atoms with Gasteiger partial charge in [0, 0.05) is 44.4 Å². The number of aliphatic hydroxyl groups is 1. The predicted molar refractivity (Wildman–Crippen MR) is 68.9 cm³/mol. The van der Waals surface area contributed by atoms with Gasteiger partial charge in [-0.05, 0) is 44.9 Å². The number of rotatable bonds is 4. The summed E-state index contributed by atoms with van der Waals surface area (Å²) in [4.78, 5) is 5.41. The van der Waals surface area contributed by atoms with Gasteiger partial charge in [-0.15, -0.1) is 0 Å². The summed E-state index contributed by atoms with van der Waals surface area (Å²) in [5.74, 6) is 1.42. The zero-order valence-corrected chi connectivity index (χ0v) is 11.2. The van der Waals surface area contributed by atoms with Crippen LogP contribution >= 0.6 is 0 Å². The Kier molecular flexibility index (Phi) is 3.18. The number of aliphatic hydroxyl groups excluding tert-OH is 1. The molecule has 3 fully saturated rings. The number of hydrogen-bond acceptors (Lipinski definition) is 3. The van der Waals surface area contributed by atoms with E-state index in [-0.39, 0.29) is 0 Å². The van der Waals surface area contributed by atoms with Crippen molar-refractivity contribution in [3.63, 3.8) is 0 Å². The maximum Gasteiger partial charge on any atom is 0.0462 e. The van der Waals surface area contributed by atoms with Crippen molar-refractivity contribution in [2.24, 2.45) is 11.8 Å². The minimum Gasteiger partial charge on any atom is -0.396 e. The lowest BCUT2D eigenvalue weighted by Crippen LogP contribution is -2.56. The van der Waals surface area contributed by atoms with Crippen LogP contribution in [0.25, 0.3) is 0 Å². The average molecular weight is 238 g/mol. The summed E-state index contributed by atoms with van der Waals surface area (Å²) in [5, 5.41) is 9.11. The van der Waals surface area contributed by atoms with Crippen LogP contribution in [0.1, 0.15) is 33.1 Å². The van der Waals surface area contributed by atoms with Gasteiger partial charge < -0.3 is 5.11 Å². The highest BCUT2D eigenvalue weighted by Gasteiger charge is 2.44. The van der Waals surface area contributed by atoms with Crippen LogP contribution in [0.4, 0.5) is 0 Å². The highest BCUT2D eigenvalue weighted by molar-refractivity contribution is 4.99. The van der Waals surface area contributed by atoms with Crippen LogP contribution in [-0.2, 0) is 0 Å². The van der Waals surface area contributed by atoms with Crippen LogP contribution in [0.3, 0.4) is 0 Å². The SMILES string of the molecule is CC(C)N1C2CCC1CN(CC1CC1CO)C2. The zero-order valence-electron chi connectivity index (χ0n) is 11.2. The highest BCUT2D eigenvalue weighted by Crippen LogP contribution is 2.40. The number of hydrogen-bond donors (Lipinski definition) is 1. The molecular weight excluding hydrogens is 212 g/mol. The van der Waals surface area contributed by atoms with Gasteiger partial charge in [-0.1, -0.05) is 0 Å². The van der Waals surface area contributed by atoms with E-state index >= 15 is 0 Å². The largest absolute Gasteiger partial charge is 0.396 e. The normalized spacial score (nSPS) is 42.4. The van der Waals surface area contributed by atoms with Crippen LogP contribution in [-0.4, -0.2) is 59.3 Å². The third-order valence-corrected chi connectivity index (χ3v) is 5.01. The third kappa shape index (κ3) is 2.25. The predicted octanol–water partition coefficient (Wildman–Crippen LogP) is 1.17. The van der Waals surface area contributed by atoms with E-state index in [9.17, 15) is 0 Å². The summed E-state index contributed by atoms with van der Waals surface area (Å²) < 4.78 is 0. The van der Waals surface area contributed by atoms with Crippen molar-refractivity contribution in [1.29, 1.82) is 0 Å². The van der Waals surface area contributed by atoms with Crippen molar-refractivity contribution in [2.45, 2.75) is 51.2 Å². The second-order valence-electron chi connectivity index (χ2n) is 6.58. The Morgan fingerprint density at radius 1 is 1.12 bits per heavy atom. The molecule has 2 heterocycles. The first-order chi connectivity index (χ1) is 8.19. The molecule has 3 aliphatic rings. The molecule has 3 heteroatoms. The summed E-state index contributed by atoms with van der Waals surface area (Å²) in [6, 6.07) is 2.32. The molecule has 0 aromatic rings. The lowest BCUT2D eigenvalue weighted by molar-refractivity contribution is 0.0405. The number of fused-ring (bicyclic) bond motifs is 2. The van der Waals surface area contributed by atoms with Gasteiger partial charge in [-0.3, -0.25) is 9.80 Å². The average Bonchev–Trinajstić information content (AvgIpc) is 2.97. The summed E-state index contributed by atoms with van der Waals surface area (Å²) in [5.41, 5.74) is 0. The van der Waals surface area contributed by atoms with Crippen LogP contribution in [0.15, 0.2) is 0 Å². The highest BCUT2D eigenvalue weighted by atomic mass is 16.3. The van der Waals surface area contributed by atoms with Crippen molar-refractivity contribution >= 4 is 0 Å². The Labute approximate surface area is 105 Å². The molecule has 2 bridgehead atoms. The van der Waals surface area contributed by atoms with E-state index in [1.165, 1.54) is 38.9 Å². The fraction of sp³-hybridized carbons (Fsp3) is 1.00. The molecule has 4 atom stereocenters. The van der Waals surface area contributed by atoms with E-state index < -0.39 is 0 Å². The van der Waals surface area contributed by atoms with Gasteiger partial charge in [0.1, 0.15) is 0 Å². The van der Waals surface area contributed by atoms with Gasteiger partial charge in [-0.2, -0.15) is 0 Å². The minimum atomic E-state index is 0.406. The second-order valence-corrected chi connectivity index (χ2v) is 6.58. The molecule has 0 aromatic heterocycles. The number of piperazine rings is 1. The van der Waals surface area contributed by atoms with E-state index in [2.05, 4.69) is 23.6 Å². The van der Waals surface area contributed by atoms with Crippen LogP contribution in [0, 0.1) is 11.8 Å². The maximum atomic E-state index is 9.11. The molecule has 3 nitrogen and oxygen atoms in total. The molecule has 3 rings (SSSR count). The van der Waals surface area contributed by atoms with Gasteiger partial charge in [0.05, 0.1) is 0 Å². The Hall–Kier alpha value is -0.120. The molecule has 98 valence electrons. The third-order valence-electron chi connectivity index (χ3n) is 5.01. The molecule has 0 amide bonds. The molecule has 0 radical (unpaired) electrons. The molecule has 1 N–H and O–H groups in total. The standard InChI is InChI=1S/C14H26N2O/c1-10(2)16-13-3-4-14(16)8-15(7-13)6-11-5-12(11)9-17/h10-14,17H,3-9H2,1-2H3. The Balaban J connectivity index is 1.55. The lowest BCUT2D eigenvalue weighted by atomic mass is 10.1. The first-order valence-corrected chi connectivity index (χ1v) is 7.29. The molecule has 0 aromatic carbocycles. The van der Waals surface area contributed by atoms with Gasteiger partial charge in [0.25, 0.3) is 0 Å². The summed E-state index contributed by atoms with van der Waals surface area (Å²) in [7, 11) is 0. The van der Waals surface area contributed by atoms with Crippen molar-refractivity contribution < 1.29 is 5.11 Å². The maximum absolute atomic E-state index is 9.11. The van der Waals surface area contributed by atoms with Crippen molar-refractivity contribution in [1.82, 2.24) is 9.80 Å². The lowest BCUT2D eigenvalue weighted by Gasteiger charge is -2.43. The Bertz CT molecular complexity index is 267. The monoisotopic (exact) mass is 238 g/mol. The van der Waals surface area contributed by atoms with E-state index in [1.54, 1.807) is 0 Å². The number of nitrogens with zero attached hydrogens (tertiary/aromatic N) is 2. The quantitative estimate of drug-likeness (QED) is 0.796. The van der Waals surface area contributed by atoms with Crippen molar-refractivity contribution in [3.05, 3.63) is 0 Å². The van der Waals surface area contributed by atoms with Crippen LogP contribution in [0.2, 0.25) is 0 Å². The fourth-order valence-electron chi connectivity index (χ4n) is 4.10. The van der Waals surface area contributed by atoms with E-state index in [0.29, 0.717) is 18.6 Å². The van der Waals surface area contributed by atoms with Gasteiger partial charge in [-0.25, -0.2) is 0 Å². The molecule has 1 aliphatic carbocycles. The molecule has 0 spiro atoms. The summed E-state index contributed by atoms with van der Waals surface area (Å²) in [6.07, 6.45) is 4.05. The van der Waals surface area contributed by atoms with E-state index in [1.807, 2.05) is 0 Å². The van der Waals surface area contributed by atoms with Crippen LogP contribution < -0.4 is 0 Å². The molecule has 4 unspecified atom stereocenters. The topological polar surface area (TPSA) is 26.7 Å². The molecule has 2 aliphatic heterocycles. The Morgan fingerprint density at radius 2 is 1.76 bits per heavy atom.